The molecule has 1 aliphatic rings. The highest BCUT2D eigenvalue weighted by atomic mass is 79.9. The largest absolute Gasteiger partial charge is 0.491 e. The molecule has 7 heteroatoms. The summed E-state index contributed by atoms with van der Waals surface area (Å²) >= 11 is 3.48. The third kappa shape index (κ3) is 4.01. The fourth-order valence-corrected chi connectivity index (χ4v) is 3.38. The van der Waals surface area contributed by atoms with E-state index in [0.29, 0.717) is 41.1 Å². The van der Waals surface area contributed by atoms with Gasteiger partial charge < -0.3 is 14.6 Å². The van der Waals surface area contributed by atoms with Gasteiger partial charge in [0.2, 0.25) is 0 Å². The van der Waals surface area contributed by atoms with E-state index in [4.69, 9.17) is 24.4 Å². The number of hydrogen-bond acceptors (Lipinski definition) is 6. The van der Waals surface area contributed by atoms with Crippen LogP contribution in [0, 0.1) is 0 Å². The first-order chi connectivity index (χ1) is 13.1. The summed E-state index contributed by atoms with van der Waals surface area (Å²) in [6.45, 7) is 4.30. The Hall–Kier alpha value is -1.93. The Kier molecular flexibility index (Phi) is 6.49. The van der Waals surface area contributed by atoms with Crippen LogP contribution in [0.2, 0.25) is 0 Å². The van der Waals surface area contributed by atoms with Crippen molar-refractivity contribution in [1.82, 2.24) is 4.98 Å². The van der Waals surface area contributed by atoms with Crippen LogP contribution < -0.4 is 9.47 Å². The minimum Gasteiger partial charge on any atom is -0.491 e. The van der Waals surface area contributed by atoms with Crippen molar-refractivity contribution in [2.24, 2.45) is 0 Å². The minimum atomic E-state index is -0.756. The van der Waals surface area contributed by atoms with Gasteiger partial charge in [0.15, 0.2) is 23.2 Å². The highest BCUT2D eigenvalue weighted by Crippen LogP contribution is 2.51. The van der Waals surface area contributed by atoms with Gasteiger partial charge in [-0.15, -0.1) is 0 Å². The molecule has 0 radical (unpaired) electrons. The van der Waals surface area contributed by atoms with Gasteiger partial charge in [0.05, 0.1) is 11.6 Å². The average molecular weight is 436 g/mol. The van der Waals surface area contributed by atoms with Crippen LogP contribution in [-0.2, 0) is 16.4 Å². The standard InChI is InChI=1S/C20H22BrNO5/c1-3-20(10-7-11-23)19(26-27-20)16-18(24-2)17(15(21)12-22-16)25-13-14-8-5-4-6-9-14/h3-6,8-9,12,19,23H,1,7,10-11,13H2,2H3. The molecule has 1 aliphatic heterocycles. The van der Waals surface area contributed by atoms with Crippen LogP contribution in [0.15, 0.2) is 53.7 Å². The monoisotopic (exact) mass is 435 g/mol. The van der Waals surface area contributed by atoms with E-state index in [0.717, 1.165) is 5.56 Å². The van der Waals surface area contributed by atoms with Crippen LogP contribution in [0.25, 0.3) is 0 Å². The van der Waals surface area contributed by atoms with Crippen molar-refractivity contribution >= 4 is 15.9 Å². The fourth-order valence-electron chi connectivity index (χ4n) is 2.98. The Morgan fingerprint density at radius 2 is 2.11 bits per heavy atom. The van der Waals surface area contributed by atoms with Gasteiger partial charge >= 0.3 is 0 Å². The molecule has 0 bridgehead atoms. The third-order valence-corrected chi connectivity index (χ3v) is 5.03. The maximum Gasteiger partial charge on any atom is 0.186 e. The molecule has 1 saturated heterocycles. The number of aromatic nitrogens is 1. The van der Waals surface area contributed by atoms with Gasteiger partial charge in [-0.25, -0.2) is 9.78 Å². The molecule has 0 saturated carbocycles. The van der Waals surface area contributed by atoms with E-state index < -0.39 is 11.7 Å². The van der Waals surface area contributed by atoms with Gasteiger partial charge in [-0.2, -0.15) is 0 Å². The molecule has 2 atom stereocenters. The zero-order valence-corrected chi connectivity index (χ0v) is 16.6. The van der Waals surface area contributed by atoms with Crippen molar-refractivity contribution in [2.75, 3.05) is 13.7 Å². The van der Waals surface area contributed by atoms with Gasteiger partial charge in [0.1, 0.15) is 12.3 Å². The van der Waals surface area contributed by atoms with E-state index in [1.807, 2.05) is 30.3 Å². The average Bonchev–Trinajstić information content (AvgIpc) is 2.69. The number of hydrogen-bond donors (Lipinski definition) is 1. The lowest BCUT2D eigenvalue weighted by atomic mass is 9.87. The van der Waals surface area contributed by atoms with E-state index in [9.17, 15) is 0 Å². The summed E-state index contributed by atoms with van der Waals surface area (Å²) in [5, 5.41) is 9.16. The molecule has 2 heterocycles. The summed E-state index contributed by atoms with van der Waals surface area (Å²) in [4.78, 5) is 15.2. The Morgan fingerprint density at radius 1 is 1.33 bits per heavy atom. The van der Waals surface area contributed by atoms with Gasteiger partial charge in [-0.1, -0.05) is 43.0 Å². The van der Waals surface area contributed by atoms with E-state index in [1.165, 1.54) is 0 Å². The van der Waals surface area contributed by atoms with Crippen LogP contribution in [0.4, 0.5) is 0 Å². The molecule has 144 valence electrons. The Labute approximate surface area is 166 Å². The summed E-state index contributed by atoms with van der Waals surface area (Å²) in [7, 11) is 1.56. The number of methoxy groups -OCH3 is 1. The van der Waals surface area contributed by atoms with Crippen molar-refractivity contribution in [3.05, 3.63) is 64.9 Å². The maximum absolute atomic E-state index is 9.16. The fraction of sp³-hybridized carbons (Fsp3) is 0.350. The molecule has 2 unspecified atom stereocenters. The Balaban J connectivity index is 1.89. The van der Waals surface area contributed by atoms with Crippen molar-refractivity contribution in [2.45, 2.75) is 31.2 Å². The summed E-state index contributed by atoms with van der Waals surface area (Å²) in [6, 6.07) is 9.86. The second-order valence-electron chi connectivity index (χ2n) is 6.17. The number of pyridine rings is 1. The third-order valence-electron chi connectivity index (χ3n) is 4.47. The van der Waals surface area contributed by atoms with Crippen molar-refractivity contribution in [3.8, 4) is 11.5 Å². The first kappa shape index (κ1) is 19.8. The molecular weight excluding hydrogens is 414 g/mol. The van der Waals surface area contributed by atoms with E-state index in [2.05, 4.69) is 27.5 Å². The summed E-state index contributed by atoms with van der Waals surface area (Å²) in [6.07, 6.45) is 3.95. The number of aliphatic hydroxyl groups is 1. The number of rotatable bonds is 9. The molecule has 1 N–H and O–H groups in total. The highest BCUT2D eigenvalue weighted by molar-refractivity contribution is 9.10. The lowest BCUT2D eigenvalue weighted by Gasteiger charge is -2.44. The van der Waals surface area contributed by atoms with Gasteiger partial charge in [-0.05, 0) is 34.3 Å². The molecule has 0 spiro atoms. The normalized spacial score (nSPS) is 21.4. The number of nitrogens with zero attached hydrogens (tertiary/aromatic N) is 1. The first-order valence-electron chi connectivity index (χ1n) is 8.63. The van der Waals surface area contributed by atoms with Gasteiger partial charge in [0.25, 0.3) is 0 Å². The predicted molar refractivity (Wildman–Crippen MR) is 103 cm³/mol. The van der Waals surface area contributed by atoms with E-state index >= 15 is 0 Å². The van der Waals surface area contributed by atoms with Crippen LogP contribution in [-0.4, -0.2) is 29.4 Å². The summed E-state index contributed by atoms with van der Waals surface area (Å²) in [5.74, 6) is 1.02. The number of aliphatic hydroxyl groups excluding tert-OH is 1. The van der Waals surface area contributed by atoms with E-state index in [1.54, 1.807) is 19.4 Å². The van der Waals surface area contributed by atoms with Crippen LogP contribution in [0.1, 0.15) is 30.2 Å². The van der Waals surface area contributed by atoms with Crippen molar-refractivity contribution < 1.29 is 24.4 Å². The molecule has 0 amide bonds. The van der Waals surface area contributed by atoms with Gasteiger partial charge in [0, 0.05) is 12.8 Å². The molecule has 6 nitrogen and oxygen atoms in total. The zero-order chi connectivity index (χ0) is 19.3. The molecular formula is C20H22BrNO5. The number of ether oxygens (including phenoxy) is 2. The smallest absolute Gasteiger partial charge is 0.186 e. The van der Waals surface area contributed by atoms with Crippen molar-refractivity contribution in [1.29, 1.82) is 0 Å². The second kappa shape index (κ2) is 8.84. The van der Waals surface area contributed by atoms with Gasteiger partial charge in [-0.3, -0.25) is 4.98 Å². The topological polar surface area (TPSA) is 70.0 Å². The molecule has 27 heavy (non-hydrogen) atoms. The maximum atomic E-state index is 9.16. The SMILES string of the molecule is C=CC1(CCCO)OOC1c1ncc(Br)c(OCc2ccccc2)c1OC. The van der Waals surface area contributed by atoms with E-state index in [-0.39, 0.29) is 6.61 Å². The summed E-state index contributed by atoms with van der Waals surface area (Å²) in [5.41, 5.74) is 0.845. The first-order valence-corrected chi connectivity index (χ1v) is 9.42. The second-order valence-corrected chi connectivity index (χ2v) is 7.03. The molecule has 1 aromatic heterocycles. The Morgan fingerprint density at radius 3 is 2.70 bits per heavy atom. The lowest BCUT2D eigenvalue weighted by Crippen LogP contribution is -2.49. The van der Waals surface area contributed by atoms with Crippen molar-refractivity contribution in [3.63, 3.8) is 0 Å². The zero-order valence-electron chi connectivity index (χ0n) is 15.1. The Bertz CT molecular complexity index is 785. The molecule has 3 rings (SSSR count). The van der Waals surface area contributed by atoms with Crippen LogP contribution >= 0.6 is 15.9 Å². The molecule has 2 aromatic rings. The molecule has 1 fully saturated rings. The summed E-state index contributed by atoms with van der Waals surface area (Å²) < 4.78 is 12.3. The quantitative estimate of drug-likeness (QED) is 0.471. The predicted octanol–water partition coefficient (Wildman–Crippen LogP) is 4.13. The lowest BCUT2D eigenvalue weighted by molar-refractivity contribution is -0.503. The molecule has 0 aliphatic carbocycles. The highest BCUT2D eigenvalue weighted by Gasteiger charge is 2.52. The molecule has 1 aromatic carbocycles. The van der Waals surface area contributed by atoms with Crippen LogP contribution in [0.5, 0.6) is 11.5 Å². The number of benzene rings is 1. The minimum absolute atomic E-state index is 0.0575. The number of halogens is 1. The van der Waals surface area contributed by atoms with Crippen LogP contribution in [0.3, 0.4) is 0 Å².